The lowest BCUT2D eigenvalue weighted by Crippen LogP contribution is -2.17. The largest absolute Gasteiger partial charge is 0.305 e. The predicted molar refractivity (Wildman–Crippen MR) is 68.5 cm³/mol. The van der Waals surface area contributed by atoms with Gasteiger partial charge in [0.15, 0.2) is 0 Å². The van der Waals surface area contributed by atoms with Gasteiger partial charge in [-0.15, -0.1) is 11.3 Å². The monoisotopic (exact) mass is 232 g/mol. The zero-order chi connectivity index (χ0) is 11.4. The first-order valence-corrected chi connectivity index (χ1v) is 6.31. The van der Waals surface area contributed by atoms with Crippen molar-refractivity contribution in [3.8, 4) is 0 Å². The molecule has 0 bridgehead atoms. The normalized spacial score (nSPS) is 12.6. The van der Waals surface area contributed by atoms with Gasteiger partial charge in [-0.1, -0.05) is 6.07 Å². The van der Waals surface area contributed by atoms with Gasteiger partial charge in [-0.05, 0) is 42.5 Å². The maximum Gasteiger partial charge on any atom is 0.0391 e. The summed E-state index contributed by atoms with van der Waals surface area (Å²) in [7, 11) is 0. The van der Waals surface area contributed by atoms with Gasteiger partial charge < -0.3 is 5.32 Å². The van der Waals surface area contributed by atoms with Gasteiger partial charge in [0.05, 0.1) is 0 Å². The third kappa shape index (κ3) is 2.68. The van der Waals surface area contributed by atoms with E-state index in [2.05, 4.69) is 41.7 Å². The summed E-state index contributed by atoms with van der Waals surface area (Å²) in [5, 5.41) is 5.66. The highest BCUT2D eigenvalue weighted by molar-refractivity contribution is 7.10. The second-order valence-corrected chi connectivity index (χ2v) is 4.88. The van der Waals surface area contributed by atoms with E-state index in [-0.39, 0.29) is 0 Å². The van der Waals surface area contributed by atoms with E-state index in [4.69, 9.17) is 0 Å². The smallest absolute Gasteiger partial charge is 0.0391 e. The Morgan fingerprint density at radius 1 is 1.44 bits per heavy atom. The van der Waals surface area contributed by atoms with Crippen LogP contribution in [0, 0.1) is 6.92 Å². The summed E-state index contributed by atoms with van der Waals surface area (Å²) < 4.78 is 0. The molecule has 84 valence electrons. The lowest BCUT2D eigenvalue weighted by Gasteiger charge is -2.13. The molecule has 2 aromatic heterocycles. The Morgan fingerprint density at radius 3 is 2.94 bits per heavy atom. The quantitative estimate of drug-likeness (QED) is 0.875. The van der Waals surface area contributed by atoms with Crippen molar-refractivity contribution in [2.45, 2.75) is 26.4 Å². The van der Waals surface area contributed by atoms with E-state index in [1.54, 1.807) is 6.20 Å². The molecule has 0 saturated heterocycles. The molecule has 0 amide bonds. The molecule has 1 N–H and O–H groups in total. The number of rotatable bonds is 4. The van der Waals surface area contributed by atoms with E-state index in [0.717, 1.165) is 6.54 Å². The molecule has 3 heteroatoms. The van der Waals surface area contributed by atoms with Crippen molar-refractivity contribution in [1.29, 1.82) is 0 Å². The van der Waals surface area contributed by atoms with Crippen LogP contribution in [-0.2, 0) is 6.54 Å². The van der Waals surface area contributed by atoms with Crippen molar-refractivity contribution in [3.05, 3.63) is 52.0 Å². The van der Waals surface area contributed by atoms with Crippen LogP contribution in [0.15, 0.2) is 36.0 Å². The van der Waals surface area contributed by atoms with E-state index in [9.17, 15) is 0 Å². The Bertz CT molecular complexity index is 436. The number of aryl methyl sites for hydroxylation is 1. The Hall–Kier alpha value is -1.19. The van der Waals surface area contributed by atoms with Crippen LogP contribution in [0.5, 0.6) is 0 Å². The van der Waals surface area contributed by atoms with Gasteiger partial charge in [-0.2, -0.15) is 0 Å². The molecule has 2 nitrogen and oxygen atoms in total. The van der Waals surface area contributed by atoms with E-state index in [1.165, 1.54) is 16.0 Å². The van der Waals surface area contributed by atoms with Gasteiger partial charge in [-0.25, -0.2) is 0 Å². The maximum atomic E-state index is 4.11. The Kier molecular flexibility index (Phi) is 3.70. The number of nitrogens with zero attached hydrogens (tertiary/aromatic N) is 1. The van der Waals surface area contributed by atoms with Crippen molar-refractivity contribution in [2.75, 3.05) is 0 Å². The van der Waals surface area contributed by atoms with Crippen molar-refractivity contribution >= 4 is 11.3 Å². The summed E-state index contributed by atoms with van der Waals surface area (Å²) in [6.45, 7) is 5.23. The molecule has 16 heavy (non-hydrogen) atoms. The number of aromatic nitrogens is 1. The molecule has 0 spiro atoms. The first-order valence-electron chi connectivity index (χ1n) is 5.43. The van der Waals surface area contributed by atoms with Gasteiger partial charge >= 0.3 is 0 Å². The Balaban J connectivity index is 1.94. The van der Waals surface area contributed by atoms with Crippen LogP contribution in [0.1, 0.15) is 29.0 Å². The highest BCUT2D eigenvalue weighted by atomic mass is 32.1. The van der Waals surface area contributed by atoms with Gasteiger partial charge in [-0.3, -0.25) is 4.98 Å². The first-order chi connectivity index (χ1) is 7.77. The highest BCUT2D eigenvalue weighted by Crippen LogP contribution is 2.23. The summed E-state index contributed by atoms with van der Waals surface area (Å²) in [4.78, 5) is 5.53. The molecule has 2 aromatic rings. The van der Waals surface area contributed by atoms with Crippen LogP contribution >= 0.6 is 11.3 Å². The lowest BCUT2D eigenvalue weighted by atomic mass is 10.2. The maximum absolute atomic E-state index is 4.11. The van der Waals surface area contributed by atoms with Gasteiger partial charge in [0.1, 0.15) is 0 Å². The SMILES string of the molecule is Cc1ccsc1C(C)NCc1cccnc1. The standard InChI is InChI=1S/C13H16N2S/c1-10-5-7-16-13(10)11(2)15-9-12-4-3-6-14-8-12/h3-8,11,15H,9H2,1-2H3. The van der Waals surface area contributed by atoms with Gasteiger partial charge in [0.25, 0.3) is 0 Å². The molecule has 2 heterocycles. The van der Waals surface area contributed by atoms with Crippen molar-refractivity contribution in [1.82, 2.24) is 10.3 Å². The summed E-state index contributed by atoms with van der Waals surface area (Å²) in [5.74, 6) is 0. The minimum absolute atomic E-state index is 0.403. The van der Waals surface area contributed by atoms with Crippen molar-refractivity contribution in [3.63, 3.8) is 0 Å². The van der Waals surface area contributed by atoms with Gasteiger partial charge in [0, 0.05) is 29.9 Å². The molecule has 0 aromatic carbocycles. The van der Waals surface area contributed by atoms with Gasteiger partial charge in [0.2, 0.25) is 0 Å². The summed E-state index contributed by atoms with van der Waals surface area (Å²) >= 11 is 1.81. The molecular weight excluding hydrogens is 216 g/mol. The number of thiophene rings is 1. The van der Waals surface area contributed by atoms with Crippen LogP contribution in [-0.4, -0.2) is 4.98 Å². The Labute approximate surface area is 100 Å². The molecule has 0 aliphatic heterocycles. The lowest BCUT2D eigenvalue weighted by molar-refractivity contribution is 0.580. The van der Waals surface area contributed by atoms with Crippen LogP contribution in [0.2, 0.25) is 0 Å². The Morgan fingerprint density at radius 2 is 2.31 bits per heavy atom. The third-order valence-corrected chi connectivity index (χ3v) is 3.83. The van der Waals surface area contributed by atoms with E-state index in [1.807, 2.05) is 23.6 Å². The fourth-order valence-corrected chi connectivity index (χ4v) is 2.65. The second kappa shape index (κ2) is 5.23. The average Bonchev–Trinajstić information content (AvgIpc) is 2.74. The summed E-state index contributed by atoms with van der Waals surface area (Å²) in [6.07, 6.45) is 3.71. The second-order valence-electron chi connectivity index (χ2n) is 3.93. The van der Waals surface area contributed by atoms with E-state index in [0.29, 0.717) is 6.04 Å². The third-order valence-electron chi connectivity index (χ3n) is 2.63. The van der Waals surface area contributed by atoms with Crippen LogP contribution in [0.4, 0.5) is 0 Å². The molecule has 1 unspecified atom stereocenters. The van der Waals surface area contributed by atoms with Crippen molar-refractivity contribution < 1.29 is 0 Å². The van der Waals surface area contributed by atoms with Crippen LogP contribution in [0.25, 0.3) is 0 Å². The average molecular weight is 232 g/mol. The fraction of sp³-hybridized carbons (Fsp3) is 0.308. The molecule has 0 aliphatic rings. The number of hydrogen-bond acceptors (Lipinski definition) is 3. The predicted octanol–water partition coefficient (Wildman–Crippen LogP) is 3.30. The molecule has 0 aliphatic carbocycles. The molecule has 0 saturated carbocycles. The summed E-state index contributed by atoms with van der Waals surface area (Å²) in [5.41, 5.74) is 2.60. The molecule has 1 atom stereocenters. The van der Waals surface area contributed by atoms with Crippen LogP contribution in [0.3, 0.4) is 0 Å². The van der Waals surface area contributed by atoms with Crippen molar-refractivity contribution in [2.24, 2.45) is 0 Å². The topological polar surface area (TPSA) is 24.9 Å². The minimum Gasteiger partial charge on any atom is -0.305 e. The zero-order valence-electron chi connectivity index (χ0n) is 9.60. The van der Waals surface area contributed by atoms with Crippen LogP contribution < -0.4 is 5.32 Å². The van der Waals surface area contributed by atoms with E-state index < -0.39 is 0 Å². The zero-order valence-corrected chi connectivity index (χ0v) is 10.4. The molecule has 0 fully saturated rings. The number of pyridine rings is 1. The summed E-state index contributed by atoms with van der Waals surface area (Å²) in [6, 6.07) is 6.63. The first kappa shape index (κ1) is 11.3. The van der Waals surface area contributed by atoms with E-state index >= 15 is 0 Å². The number of nitrogens with one attached hydrogen (secondary N) is 1. The molecular formula is C13H16N2S. The molecule has 0 radical (unpaired) electrons. The molecule has 2 rings (SSSR count). The number of hydrogen-bond donors (Lipinski definition) is 1. The highest BCUT2D eigenvalue weighted by Gasteiger charge is 2.08. The minimum atomic E-state index is 0.403. The fourth-order valence-electron chi connectivity index (χ4n) is 1.69.